The quantitative estimate of drug-likeness (QED) is 0.0579. The third kappa shape index (κ3) is 13.6. The summed E-state index contributed by atoms with van der Waals surface area (Å²) in [7, 11) is -7.47. The van der Waals surface area contributed by atoms with Gasteiger partial charge in [0, 0.05) is 90.9 Å². The molecule has 0 N–H and O–H groups in total. The first-order valence-electron chi connectivity index (χ1n) is 25.6. The van der Waals surface area contributed by atoms with Crippen molar-refractivity contribution in [3.05, 3.63) is 169 Å². The second kappa shape index (κ2) is 23.5. The van der Waals surface area contributed by atoms with E-state index < -0.39 is 41.0 Å². The number of nitro groups is 2. The molecule has 4 heterocycles. The van der Waals surface area contributed by atoms with Crippen LogP contribution in [0.4, 0.5) is 22.7 Å². The fourth-order valence-electron chi connectivity index (χ4n) is 9.12. The van der Waals surface area contributed by atoms with Crippen molar-refractivity contribution < 1.29 is 36.2 Å². The predicted molar refractivity (Wildman–Crippen MR) is 307 cm³/mol. The highest BCUT2D eigenvalue weighted by molar-refractivity contribution is 9.10. The summed E-state index contributed by atoms with van der Waals surface area (Å²) >= 11 is 15.4. The molecule has 2 aromatic heterocycles. The van der Waals surface area contributed by atoms with Gasteiger partial charge in [-0.25, -0.2) is 16.8 Å². The molecule has 4 aromatic carbocycles. The molecule has 0 spiro atoms. The highest BCUT2D eigenvalue weighted by Gasteiger charge is 2.40. The standard InChI is InChI=1S/C27H30ClN5O6S.C26H27BrClN5O6S/c1-19-6-7-20(14-23(19)33(35)36)17-40(37,38)31-12-10-30(11-13-31)24-16-29-32(22-5-3-4-21(28)15-22)26(34)25(24)39-18-27(2)8-9-27;1-26(7-8-26)17-39-24-23(15-29-32(25(24)34)20-4-2-3-19(28)14-20)30-9-11-31(12-10-30)40(37,38)16-18-5-6-21(27)22(13-18)33(35)36/h3-7,14-16H,8-13,17-18H2,1-2H3;2-6,13-15H,7-12,16-17H2,1H3. The zero-order chi connectivity index (χ0) is 57.3. The van der Waals surface area contributed by atoms with Crippen LogP contribution in [0, 0.1) is 38.0 Å². The molecule has 0 unspecified atom stereocenters. The largest absolute Gasteiger partial charge is 0.486 e. The van der Waals surface area contributed by atoms with Crippen molar-refractivity contribution in [2.45, 2.75) is 58.0 Å². The summed E-state index contributed by atoms with van der Waals surface area (Å²) < 4.78 is 70.4. The Morgan fingerprint density at radius 1 is 0.600 bits per heavy atom. The van der Waals surface area contributed by atoms with E-state index in [1.165, 1.54) is 36.2 Å². The average molecular weight is 1240 g/mol. The number of aryl methyl sites for hydroxylation is 1. The highest BCUT2D eigenvalue weighted by Crippen LogP contribution is 2.46. The second-order valence-electron chi connectivity index (χ2n) is 21.0. The molecule has 27 heteroatoms. The minimum Gasteiger partial charge on any atom is -0.486 e. The first-order valence-corrected chi connectivity index (χ1v) is 30.3. The lowest BCUT2D eigenvalue weighted by Gasteiger charge is -2.35. The average Bonchev–Trinajstić information content (AvgIpc) is 4.41. The Balaban J connectivity index is 0.000000194. The molecule has 0 amide bonds. The number of nitro benzene ring substituents is 2. The Morgan fingerprint density at radius 2 is 1.00 bits per heavy atom. The maximum atomic E-state index is 13.6. The van der Waals surface area contributed by atoms with Crippen LogP contribution in [-0.2, 0) is 31.6 Å². The van der Waals surface area contributed by atoms with Crippen LogP contribution in [0.15, 0.2) is 111 Å². The van der Waals surface area contributed by atoms with Gasteiger partial charge < -0.3 is 19.3 Å². The number of hydrogen-bond donors (Lipinski definition) is 0. The summed E-state index contributed by atoms with van der Waals surface area (Å²) in [5, 5.41) is 32.2. The zero-order valence-electron chi connectivity index (χ0n) is 43.9. The van der Waals surface area contributed by atoms with Gasteiger partial charge in [-0.1, -0.05) is 67.4 Å². The van der Waals surface area contributed by atoms with Crippen LogP contribution in [-0.4, -0.2) is 120 Å². The van der Waals surface area contributed by atoms with E-state index in [2.05, 4.69) is 40.0 Å². The van der Waals surface area contributed by atoms with E-state index in [1.54, 1.807) is 86.0 Å². The van der Waals surface area contributed by atoms with Crippen molar-refractivity contribution in [3.8, 4) is 22.9 Å². The van der Waals surface area contributed by atoms with Crippen LogP contribution < -0.4 is 30.4 Å². The summed E-state index contributed by atoms with van der Waals surface area (Å²) in [4.78, 5) is 52.4. The van der Waals surface area contributed by atoms with Crippen LogP contribution in [0.25, 0.3) is 11.4 Å². The van der Waals surface area contributed by atoms with Crippen LogP contribution >= 0.6 is 39.1 Å². The van der Waals surface area contributed by atoms with Gasteiger partial charge in [0.2, 0.25) is 31.5 Å². The van der Waals surface area contributed by atoms with Gasteiger partial charge in [0.1, 0.15) is 11.4 Å². The molecular weight excluding hydrogens is 1180 g/mol. The zero-order valence-corrected chi connectivity index (χ0v) is 48.6. The fourth-order valence-corrected chi connectivity index (χ4v) is 12.9. The van der Waals surface area contributed by atoms with Gasteiger partial charge in [0.15, 0.2) is 0 Å². The number of nitrogens with zero attached hydrogens (tertiary/aromatic N) is 10. The summed E-state index contributed by atoms with van der Waals surface area (Å²) in [6.45, 7) is 8.61. The molecule has 2 saturated heterocycles. The van der Waals surface area contributed by atoms with E-state index in [0.717, 1.165) is 25.7 Å². The number of hydrogen-bond acceptors (Lipinski definition) is 16. The SMILES string of the molecule is CC1(COc2c(N3CCN(S(=O)(=O)Cc4ccc(Br)c([N+](=O)[O-])c4)CC3)cnn(-c3cccc(Cl)c3)c2=O)CC1.Cc1ccc(CS(=O)(=O)N2CCN(c3cnn(-c4cccc(Cl)c4)c(=O)c3OCC3(C)CC3)CC2)cc1[N+](=O)[O-]. The maximum Gasteiger partial charge on any atom is 0.316 e. The summed E-state index contributed by atoms with van der Waals surface area (Å²) in [5.41, 5.74) is 2.13. The lowest BCUT2D eigenvalue weighted by atomic mass is 10.1. The van der Waals surface area contributed by atoms with Gasteiger partial charge in [-0.15, -0.1) is 0 Å². The van der Waals surface area contributed by atoms with E-state index in [4.69, 9.17) is 32.7 Å². The van der Waals surface area contributed by atoms with Gasteiger partial charge in [-0.3, -0.25) is 29.8 Å². The van der Waals surface area contributed by atoms with E-state index in [-0.39, 0.29) is 75.9 Å². The predicted octanol–water partition coefficient (Wildman–Crippen LogP) is 8.32. The van der Waals surface area contributed by atoms with Gasteiger partial charge in [-0.05, 0) is 102 Å². The molecule has 0 radical (unpaired) electrons. The van der Waals surface area contributed by atoms with Crippen molar-refractivity contribution in [2.24, 2.45) is 10.8 Å². The molecule has 6 aromatic rings. The van der Waals surface area contributed by atoms with Gasteiger partial charge >= 0.3 is 11.1 Å². The molecule has 4 aliphatic rings. The van der Waals surface area contributed by atoms with Crippen molar-refractivity contribution in [3.63, 3.8) is 0 Å². The lowest BCUT2D eigenvalue weighted by Crippen LogP contribution is -2.49. The Labute approximate surface area is 479 Å². The Kier molecular flexibility index (Phi) is 17.1. The van der Waals surface area contributed by atoms with E-state index >= 15 is 0 Å². The van der Waals surface area contributed by atoms with Crippen molar-refractivity contribution >= 4 is 81.9 Å². The molecule has 0 bridgehead atoms. The van der Waals surface area contributed by atoms with E-state index in [0.29, 0.717) is 88.9 Å². The first-order chi connectivity index (χ1) is 37.9. The first kappa shape index (κ1) is 58.2. The normalized spacial score (nSPS) is 17.0. The number of ether oxygens (including phenoxy) is 2. The number of benzene rings is 4. The number of anilines is 2. The molecule has 80 heavy (non-hydrogen) atoms. The van der Waals surface area contributed by atoms with Crippen LogP contribution in [0.3, 0.4) is 0 Å². The number of halogens is 3. The maximum absolute atomic E-state index is 13.6. The molecule has 0 atom stereocenters. The molecule has 2 aliphatic carbocycles. The second-order valence-corrected chi connectivity index (χ2v) is 26.7. The van der Waals surface area contributed by atoms with Crippen LogP contribution in [0.2, 0.25) is 10.0 Å². The molecule has 424 valence electrons. The number of aromatic nitrogens is 4. The van der Waals surface area contributed by atoms with Crippen molar-refractivity contribution in [1.82, 2.24) is 28.2 Å². The Hall–Kier alpha value is -6.48. The smallest absolute Gasteiger partial charge is 0.316 e. The molecule has 2 aliphatic heterocycles. The Morgan fingerprint density at radius 3 is 1.39 bits per heavy atom. The van der Waals surface area contributed by atoms with Gasteiger partial charge in [0.05, 0.1) is 62.8 Å². The van der Waals surface area contributed by atoms with Crippen LogP contribution in [0.1, 0.15) is 56.2 Å². The molecule has 4 fully saturated rings. The number of sulfonamides is 2. The van der Waals surface area contributed by atoms with Crippen molar-refractivity contribution in [1.29, 1.82) is 0 Å². The summed E-state index contributed by atoms with van der Waals surface area (Å²) in [6.07, 6.45) is 7.23. The molecule has 2 saturated carbocycles. The van der Waals surface area contributed by atoms with Crippen molar-refractivity contribution in [2.75, 3.05) is 75.4 Å². The molecular formula is C53H57BrCl2N10O12S2. The summed E-state index contributed by atoms with van der Waals surface area (Å²) in [6, 6.07) is 22.4. The van der Waals surface area contributed by atoms with Gasteiger partial charge in [0.25, 0.3) is 11.4 Å². The Bertz CT molecular complexity index is 3480. The third-order valence-corrected chi connectivity index (χ3v) is 19.4. The monoisotopic (exact) mass is 1240 g/mol. The summed E-state index contributed by atoms with van der Waals surface area (Å²) in [5.74, 6) is -0.350. The third-order valence-electron chi connectivity index (χ3n) is 14.6. The molecule has 10 rings (SSSR count). The van der Waals surface area contributed by atoms with Gasteiger partial charge in [-0.2, -0.15) is 28.2 Å². The highest BCUT2D eigenvalue weighted by atomic mass is 79.9. The van der Waals surface area contributed by atoms with E-state index in [1.807, 2.05) is 9.80 Å². The fraction of sp³-hybridized carbons (Fsp3) is 0.396. The van der Waals surface area contributed by atoms with Crippen LogP contribution in [0.5, 0.6) is 11.5 Å². The number of piperazine rings is 2. The lowest BCUT2D eigenvalue weighted by molar-refractivity contribution is -0.385. The minimum atomic E-state index is -3.74. The number of rotatable bonds is 18. The van der Waals surface area contributed by atoms with E-state index in [9.17, 15) is 46.7 Å². The minimum absolute atomic E-state index is 0.0305. The topological polar surface area (TPSA) is 256 Å². The molecule has 22 nitrogen and oxygen atoms in total.